The first-order chi connectivity index (χ1) is 16.0. The second-order valence-corrected chi connectivity index (χ2v) is 9.98. The number of pyridine rings is 1. The summed E-state index contributed by atoms with van der Waals surface area (Å²) in [4.78, 5) is 14.6. The van der Waals surface area contributed by atoms with E-state index in [0.29, 0.717) is 0 Å². The minimum atomic E-state index is -4.12. The van der Waals surface area contributed by atoms with Crippen LogP contribution in [0.5, 0.6) is 5.75 Å². The van der Waals surface area contributed by atoms with Gasteiger partial charge in [0.2, 0.25) is 5.75 Å². The van der Waals surface area contributed by atoms with Crippen molar-refractivity contribution in [3.8, 4) is 5.75 Å². The molecule has 0 bridgehead atoms. The molecule has 2 heterocycles. The number of fused-ring (bicyclic) bond motifs is 1. The molecular weight excluding hydrogens is 532 g/mol. The molecule has 0 radical (unpaired) electrons. The van der Waals surface area contributed by atoms with Crippen LogP contribution >= 0.6 is 34.8 Å². The SMILES string of the molecule is C[C@@H](Oc1c([N+](=O)[O-])nc(Cl)c2c1ccn2S(=O)(=O)c1ccccc1)c1c(Cl)ccc(F)c1Cl. The van der Waals surface area contributed by atoms with Crippen LogP contribution in [0.15, 0.2) is 59.6 Å². The Morgan fingerprint density at radius 1 is 1.12 bits per heavy atom. The van der Waals surface area contributed by atoms with Crippen molar-refractivity contribution >= 4 is 61.5 Å². The molecule has 8 nitrogen and oxygen atoms in total. The lowest BCUT2D eigenvalue weighted by molar-refractivity contribution is -0.390. The van der Waals surface area contributed by atoms with Crippen LogP contribution in [-0.4, -0.2) is 22.3 Å². The van der Waals surface area contributed by atoms with Crippen LogP contribution < -0.4 is 4.74 Å². The van der Waals surface area contributed by atoms with Crippen LogP contribution in [0.4, 0.5) is 10.2 Å². The molecule has 0 aliphatic heterocycles. The lowest BCUT2D eigenvalue weighted by Crippen LogP contribution is -2.13. The number of halogens is 4. The van der Waals surface area contributed by atoms with Gasteiger partial charge in [-0.3, -0.25) is 0 Å². The van der Waals surface area contributed by atoms with E-state index in [-0.39, 0.29) is 37.2 Å². The van der Waals surface area contributed by atoms with E-state index in [2.05, 4.69) is 4.98 Å². The maximum absolute atomic E-state index is 14.0. The highest BCUT2D eigenvalue weighted by molar-refractivity contribution is 7.90. The predicted molar refractivity (Wildman–Crippen MR) is 126 cm³/mol. The Hall–Kier alpha value is -2.92. The monoisotopic (exact) mass is 543 g/mol. The minimum absolute atomic E-state index is 0.00158. The van der Waals surface area contributed by atoms with Crippen LogP contribution in [0.2, 0.25) is 15.2 Å². The molecule has 0 saturated heterocycles. The summed E-state index contributed by atoms with van der Waals surface area (Å²) in [7, 11) is -4.12. The van der Waals surface area contributed by atoms with Gasteiger partial charge in [0.1, 0.15) is 17.4 Å². The number of hydrogen-bond acceptors (Lipinski definition) is 6. The van der Waals surface area contributed by atoms with E-state index < -0.39 is 37.8 Å². The van der Waals surface area contributed by atoms with Crippen LogP contribution in [-0.2, 0) is 10.0 Å². The summed E-state index contributed by atoms with van der Waals surface area (Å²) in [5.41, 5.74) is -0.0770. The molecule has 0 saturated carbocycles. The van der Waals surface area contributed by atoms with Crippen LogP contribution in [0.25, 0.3) is 10.9 Å². The Labute approximate surface area is 207 Å². The van der Waals surface area contributed by atoms with Gasteiger partial charge in [-0.2, -0.15) is 0 Å². The maximum atomic E-state index is 14.0. The van der Waals surface area contributed by atoms with Crippen molar-refractivity contribution in [2.75, 3.05) is 0 Å². The van der Waals surface area contributed by atoms with Crippen LogP contribution in [0, 0.1) is 15.9 Å². The first-order valence-corrected chi connectivity index (χ1v) is 12.1. The van der Waals surface area contributed by atoms with Crippen molar-refractivity contribution in [3.05, 3.63) is 91.4 Å². The third kappa shape index (κ3) is 4.07. The highest BCUT2D eigenvalue weighted by atomic mass is 35.5. The number of aromatic nitrogens is 2. The number of rotatable bonds is 6. The van der Waals surface area contributed by atoms with E-state index in [0.717, 1.165) is 10.0 Å². The van der Waals surface area contributed by atoms with E-state index in [1.165, 1.54) is 37.4 Å². The Morgan fingerprint density at radius 2 is 1.79 bits per heavy atom. The van der Waals surface area contributed by atoms with Gasteiger partial charge in [-0.1, -0.05) is 41.4 Å². The van der Waals surface area contributed by atoms with Crippen molar-refractivity contribution in [1.29, 1.82) is 0 Å². The molecule has 4 aromatic rings. The van der Waals surface area contributed by atoms with E-state index in [1.807, 2.05) is 0 Å². The van der Waals surface area contributed by atoms with Crippen LogP contribution in [0.1, 0.15) is 18.6 Å². The first kappa shape index (κ1) is 24.2. The fraction of sp³-hybridized carbons (Fsp3) is 0.0952. The smallest absolute Gasteiger partial charge is 0.408 e. The van der Waals surface area contributed by atoms with Crippen molar-refractivity contribution in [1.82, 2.24) is 8.96 Å². The molecule has 2 aromatic carbocycles. The Balaban J connectivity index is 1.93. The molecular formula is C21H13Cl3FN3O5S. The lowest BCUT2D eigenvalue weighted by Gasteiger charge is -2.18. The average molecular weight is 545 g/mol. The van der Waals surface area contributed by atoms with E-state index in [4.69, 9.17) is 39.5 Å². The number of hydrogen-bond donors (Lipinski definition) is 0. The zero-order chi connectivity index (χ0) is 24.8. The summed E-state index contributed by atoms with van der Waals surface area (Å²) in [6, 6.07) is 11.2. The van der Waals surface area contributed by atoms with E-state index in [1.54, 1.807) is 18.2 Å². The van der Waals surface area contributed by atoms with Gasteiger partial charge in [-0.25, -0.2) is 16.8 Å². The van der Waals surface area contributed by atoms with Gasteiger partial charge >= 0.3 is 5.82 Å². The lowest BCUT2D eigenvalue weighted by atomic mass is 10.1. The molecule has 2 aromatic heterocycles. The Bertz CT molecular complexity index is 1540. The first-order valence-electron chi connectivity index (χ1n) is 9.49. The normalized spacial score (nSPS) is 12.6. The van der Waals surface area contributed by atoms with Crippen molar-refractivity contribution in [3.63, 3.8) is 0 Å². The standard InChI is InChI=1S/C21H13Cl3FN3O5S/c1-11(16-14(22)7-8-15(25)17(16)23)33-19-13-9-10-27(18(13)20(24)26-21(19)28(29)30)34(31,32)12-5-3-2-4-6-12/h2-11H,1H3/t11-/m1/s1. The van der Waals surface area contributed by atoms with Gasteiger partial charge in [-0.05, 0) is 58.8 Å². The van der Waals surface area contributed by atoms with Gasteiger partial charge in [0.25, 0.3) is 15.2 Å². The average Bonchev–Trinajstić information content (AvgIpc) is 3.26. The molecule has 176 valence electrons. The number of ether oxygens (including phenoxy) is 1. The molecule has 0 aliphatic rings. The number of nitrogens with zero attached hydrogens (tertiary/aromatic N) is 3. The summed E-state index contributed by atoms with van der Waals surface area (Å²) in [5.74, 6) is -1.90. The minimum Gasteiger partial charge on any atom is -0.477 e. The van der Waals surface area contributed by atoms with E-state index >= 15 is 0 Å². The molecule has 34 heavy (non-hydrogen) atoms. The molecule has 0 fully saturated rings. The zero-order valence-electron chi connectivity index (χ0n) is 17.1. The molecule has 4 rings (SSSR count). The topological polar surface area (TPSA) is 104 Å². The van der Waals surface area contributed by atoms with Gasteiger partial charge in [0.15, 0.2) is 0 Å². The van der Waals surface area contributed by atoms with E-state index in [9.17, 15) is 22.9 Å². The van der Waals surface area contributed by atoms with Gasteiger partial charge in [-0.15, -0.1) is 0 Å². The fourth-order valence-electron chi connectivity index (χ4n) is 3.41. The molecule has 0 unspecified atom stereocenters. The molecule has 0 amide bonds. The second-order valence-electron chi connectivity index (χ2n) is 7.02. The zero-order valence-corrected chi connectivity index (χ0v) is 20.2. The number of nitro groups is 1. The predicted octanol–water partition coefficient (Wildman–Crippen LogP) is 6.42. The summed E-state index contributed by atoms with van der Waals surface area (Å²) >= 11 is 18.4. The van der Waals surface area contributed by atoms with Crippen LogP contribution in [0.3, 0.4) is 0 Å². The molecule has 0 aliphatic carbocycles. The summed E-state index contributed by atoms with van der Waals surface area (Å²) in [5, 5.41) is 11.1. The molecule has 0 N–H and O–H groups in total. The van der Waals surface area contributed by atoms with Crippen molar-refractivity contribution < 1.29 is 22.5 Å². The van der Waals surface area contributed by atoms with Crippen molar-refractivity contribution in [2.24, 2.45) is 0 Å². The van der Waals surface area contributed by atoms with Crippen molar-refractivity contribution in [2.45, 2.75) is 17.9 Å². The maximum Gasteiger partial charge on any atom is 0.408 e. The largest absolute Gasteiger partial charge is 0.477 e. The quantitative estimate of drug-likeness (QED) is 0.120. The Morgan fingerprint density at radius 3 is 2.44 bits per heavy atom. The Kier molecular flexibility index (Phi) is 6.43. The third-order valence-electron chi connectivity index (χ3n) is 4.95. The van der Waals surface area contributed by atoms with Gasteiger partial charge in [0, 0.05) is 16.8 Å². The molecule has 13 heteroatoms. The number of benzene rings is 2. The fourth-order valence-corrected chi connectivity index (χ4v) is 5.79. The highest BCUT2D eigenvalue weighted by Gasteiger charge is 2.32. The van der Waals surface area contributed by atoms with Gasteiger partial charge in [0.05, 0.1) is 15.3 Å². The third-order valence-corrected chi connectivity index (χ3v) is 7.62. The molecule has 1 atom stereocenters. The summed E-state index contributed by atoms with van der Waals surface area (Å²) < 4.78 is 47.0. The molecule has 0 spiro atoms. The highest BCUT2D eigenvalue weighted by Crippen LogP contribution is 2.43. The van der Waals surface area contributed by atoms with Gasteiger partial charge < -0.3 is 14.9 Å². The summed E-state index contributed by atoms with van der Waals surface area (Å²) in [6.45, 7) is 1.45. The summed E-state index contributed by atoms with van der Waals surface area (Å²) in [6.07, 6.45) is 0.110. The second kappa shape index (κ2) is 9.03.